The highest BCUT2D eigenvalue weighted by Crippen LogP contribution is 2.55. The Balaban J connectivity index is 1.98. The summed E-state index contributed by atoms with van der Waals surface area (Å²) in [5.41, 5.74) is 0.307. The highest BCUT2D eigenvalue weighted by molar-refractivity contribution is 5.66. The Bertz CT molecular complexity index is 313. The van der Waals surface area contributed by atoms with Gasteiger partial charge in [0.2, 0.25) is 0 Å². The summed E-state index contributed by atoms with van der Waals surface area (Å²) in [6.45, 7) is 3.51. The number of hydrogen-bond donors (Lipinski definition) is 1. The zero-order valence-electron chi connectivity index (χ0n) is 12.2. The molecule has 0 aromatic heterocycles. The summed E-state index contributed by atoms with van der Waals surface area (Å²) in [6, 6.07) is 0.517. The van der Waals surface area contributed by atoms with Crippen LogP contribution in [-0.4, -0.2) is 48.3 Å². The maximum Gasteiger partial charge on any atom is 0.304 e. The lowest BCUT2D eigenvalue weighted by atomic mass is 9.54. The predicted molar refractivity (Wildman–Crippen MR) is 74.2 cm³/mol. The van der Waals surface area contributed by atoms with Crippen LogP contribution < -0.4 is 0 Å². The molecule has 2 aliphatic rings. The van der Waals surface area contributed by atoms with Gasteiger partial charge in [-0.2, -0.15) is 0 Å². The Kier molecular flexibility index (Phi) is 4.85. The molecule has 0 aromatic rings. The molecule has 110 valence electrons. The molecule has 0 bridgehead atoms. The van der Waals surface area contributed by atoms with Crippen LogP contribution in [0.15, 0.2) is 0 Å². The van der Waals surface area contributed by atoms with Gasteiger partial charge in [0.25, 0.3) is 0 Å². The van der Waals surface area contributed by atoms with Crippen molar-refractivity contribution in [2.24, 2.45) is 5.41 Å². The van der Waals surface area contributed by atoms with Gasteiger partial charge in [0.1, 0.15) is 0 Å². The van der Waals surface area contributed by atoms with Gasteiger partial charge in [-0.25, -0.2) is 0 Å². The molecule has 2 saturated carbocycles. The van der Waals surface area contributed by atoms with E-state index in [0.29, 0.717) is 24.1 Å². The van der Waals surface area contributed by atoms with Gasteiger partial charge in [-0.15, -0.1) is 0 Å². The van der Waals surface area contributed by atoms with Crippen LogP contribution in [0.5, 0.6) is 0 Å². The highest BCUT2D eigenvalue weighted by atomic mass is 16.5. The molecule has 0 radical (unpaired) electrons. The molecule has 0 heterocycles. The van der Waals surface area contributed by atoms with Crippen LogP contribution in [0.4, 0.5) is 0 Å². The Hall–Kier alpha value is -0.610. The van der Waals surface area contributed by atoms with Crippen molar-refractivity contribution < 1.29 is 14.6 Å². The van der Waals surface area contributed by atoms with Gasteiger partial charge >= 0.3 is 5.97 Å². The van der Waals surface area contributed by atoms with Crippen molar-refractivity contribution in [2.45, 2.75) is 64.0 Å². The SMILES string of the molecule is CCO[C@H]1C[C@@H](N(C)CCC(=O)O)C12CCCCC2. The summed E-state index contributed by atoms with van der Waals surface area (Å²) in [5.74, 6) is -0.703. The lowest BCUT2D eigenvalue weighted by molar-refractivity contribution is -0.179. The Morgan fingerprint density at radius 2 is 2.05 bits per heavy atom. The fraction of sp³-hybridized carbons (Fsp3) is 0.933. The van der Waals surface area contributed by atoms with E-state index in [1.54, 1.807) is 0 Å². The van der Waals surface area contributed by atoms with Crippen LogP contribution in [0.3, 0.4) is 0 Å². The van der Waals surface area contributed by atoms with Crippen molar-refractivity contribution in [1.29, 1.82) is 0 Å². The van der Waals surface area contributed by atoms with Gasteiger partial charge in [0, 0.05) is 24.6 Å². The number of ether oxygens (including phenoxy) is 1. The van der Waals surface area contributed by atoms with E-state index in [1.807, 2.05) is 0 Å². The standard InChI is InChI=1S/C15H27NO3/c1-3-19-13-11-12(16(2)10-7-14(17)18)15(13)8-5-4-6-9-15/h12-13H,3-11H2,1-2H3,(H,17,18)/t12-,13+/m1/s1. The lowest BCUT2D eigenvalue weighted by Gasteiger charge is -2.60. The average molecular weight is 269 g/mol. The monoisotopic (exact) mass is 269 g/mol. The zero-order valence-corrected chi connectivity index (χ0v) is 12.2. The van der Waals surface area contributed by atoms with Gasteiger partial charge < -0.3 is 14.7 Å². The van der Waals surface area contributed by atoms with Crippen molar-refractivity contribution in [2.75, 3.05) is 20.2 Å². The minimum absolute atomic E-state index is 0.238. The number of carboxylic acid groups (broad SMARTS) is 1. The van der Waals surface area contributed by atoms with E-state index in [4.69, 9.17) is 9.84 Å². The summed E-state index contributed by atoms with van der Waals surface area (Å²) in [4.78, 5) is 13.0. The van der Waals surface area contributed by atoms with E-state index in [1.165, 1.54) is 32.1 Å². The number of nitrogens with zero attached hydrogens (tertiary/aromatic N) is 1. The van der Waals surface area contributed by atoms with Crippen molar-refractivity contribution in [1.82, 2.24) is 4.90 Å². The molecule has 0 unspecified atom stereocenters. The molecule has 4 nitrogen and oxygen atoms in total. The molecule has 0 saturated heterocycles. The smallest absolute Gasteiger partial charge is 0.304 e. The van der Waals surface area contributed by atoms with Gasteiger partial charge in [-0.05, 0) is 33.2 Å². The van der Waals surface area contributed by atoms with Crippen molar-refractivity contribution in [3.05, 3.63) is 0 Å². The molecule has 0 aromatic carbocycles. The van der Waals surface area contributed by atoms with Crippen LogP contribution in [0.1, 0.15) is 51.9 Å². The van der Waals surface area contributed by atoms with E-state index >= 15 is 0 Å². The van der Waals surface area contributed by atoms with Crippen LogP contribution in [0.25, 0.3) is 0 Å². The molecule has 2 atom stereocenters. The van der Waals surface area contributed by atoms with Crippen LogP contribution in [0, 0.1) is 5.41 Å². The summed E-state index contributed by atoms with van der Waals surface area (Å²) in [5, 5.41) is 8.82. The summed E-state index contributed by atoms with van der Waals surface area (Å²) in [6.07, 6.45) is 8.15. The third-order valence-electron chi connectivity index (χ3n) is 5.10. The minimum Gasteiger partial charge on any atom is -0.481 e. The first-order chi connectivity index (χ1) is 9.10. The number of carbonyl (C=O) groups is 1. The molecule has 1 N–H and O–H groups in total. The molecular formula is C15H27NO3. The molecular weight excluding hydrogens is 242 g/mol. The molecule has 1 spiro atoms. The fourth-order valence-electron chi connectivity index (χ4n) is 4.07. The topological polar surface area (TPSA) is 49.8 Å². The van der Waals surface area contributed by atoms with E-state index < -0.39 is 5.97 Å². The summed E-state index contributed by atoms with van der Waals surface area (Å²) < 4.78 is 5.93. The van der Waals surface area contributed by atoms with Crippen molar-refractivity contribution in [3.63, 3.8) is 0 Å². The quantitative estimate of drug-likeness (QED) is 0.805. The predicted octanol–water partition coefficient (Wildman–Crippen LogP) is 2.52. The van der Waals surface area contributed by atoms with E-state index in [9.17, 15) is 4.79 Å². The van der Waals surface area contributed by atoms with Crippen LogP contribution in [-0.2, 0) is 9.53 Å². The maximum absolute atomic E-state index is 10.7. The first-order valence-electron chi connectivity index (χ1n) is 7.64. The number of hydrogen-bond acceptors (Lipinski definition) is 3. The highest BCUT2D eigenvalue weighted by Gasteiger charge is 2.56. The number of aliphatic carboxylic acids is 1. The van der Waals surface area contributed by atoms with Crippen molar-refractivity contribution in [3.8, 4) is 0 Å². The second-order valence-corrected chi connectivity index (χ2v) is 6.11. The molecule has 19 heavy (non-hydrogen) atoms. The van der Waals surface area contributed by atoms with E-state index in [2.05, 4.69) is 18.9 Å². The normalized spacial score (nSPS) is 29.4. The van der Waals surface area contributed by atoms with E-state index in [-0.39, 0.29) is 6.42 Å². The average Bonchev–Trinajstić information content (AvgIpc) is 2.41. The Labute approximate surface area is 116 Å². The lowest BCUT2D eigenvalue weighted by Crippen LogP contribution is -2.64. The van der Waals surface area contributed by atoms with Gasteiger partial charge in [-0.1, -0.05) is 19.3 Å². The molecule has 0 aliphatic heterocycles. The van der Waals surface area contributed by atoms with Gasteiger partial charge in [0.05, 0.1) is 12.5 Å². The number of carboxylic acids is 1. The van der Waals surface area contributed by atoms with E-state index in [0.717, 1.165) is 13.0 Å². The van der Waals surface area contributed by atoms with Crippen molar-refractivity contribution >= 4 is 5.97 Å². The molecule has 4 heteroatoms. The third-order valence-corrected chi connectivity index (χ3v) is 5.10. The minimum atomic E-state index is -0.703. The van der Waals surface area contributed by atoms with Gasteiger partial charge in [-0.3, -0.25) is 4.79 Å². The second kappa shape index (κ2) is 6.23. The molecule has 2 fully saturated rings. The third kappa shape index (κ3) is 2.95. The summed E-state index contributed by atoms with van der Waals surface area (Å²) >= 11 is 0. The second-order valence-electron chi connectivity index (χ2n) is 6.11. The maximum atomic E-state index is 10.7. The van der Waals surface area contributed by atoms with Crippen LogP contribution in [0.2, 0.25) is 0 Å². The number of rotatable bonds is 6. The van der Waals surface area contributed by atoms with Gasteiger partial charge in [0.15, 0.2) is 0 Å². The molecule has 2 rings (SSSR count). The zero-order chi connectivity index (χ0) is 13.9. The molecule has 0 amide bonds. The fourth-order valence-corrected chi connectivity index (χ4v) is 4.07. The Morgan fingerprint density at radius 1 is 1.37 bits per heavy atom. The Morgan fingerprint density at radius 3 is 2.63 bits per heavy atom. The largest absolute Gasteiger partial charge is 0.481 e. The molecule has 2 aliphatic carbocycles. The summed E-state index contributed by atoms with van der Waals surface area (Å²) in [7, 11) is 2.08. The van der Waals surface area contributed by atoms with Crippen LogP contribution >= 0.6 is 0 Å². The first-order valence-corrected chi connectivity index (χ1v) is 7.64. The first kappa shape index (κ1) is 14.8.